The Balaban J connectivity index is 2.20. The molecule has 0 atom stereocenters. The third-order valence-corrected chi connectivity index (χ3v) is 2.69. The van der Waals surface area contributed by atoms with Crippen LogP contribution in [0.15, 0.2) is 24.3 Å². The fraction of sp³-hybridized carbons (Fsp3) is 0.250. The van der Waals surface area contributed by atoms with Gasteiger partial charge in [-0.3, -0.25) is 4.79 Å². The van der Waals surface area contributed by atoms with Crippen LogP contribution in [0, 0.1) is 28.1 Å². The molecule has 0 saturated heterocycles. The Morgan fingerprint density at radius 1 is 1.31 bits per heavy atom. The lowest BCUT2D eigenvalue weighted by Crippen LogP contribution is -2.23. The number of nitriles is 2. The molecule has 1 amide bonds. The smallest absolute Gasteiger partial charge is 0.244 e. The highest BCUT2D eigenvalue weighted by Gasteiger charge is 2.50. The number of benzene rings is 1. The van der Waals surface area contributed by atoms with E-state index in [9.17, 15) is 4.79 Å². The minimum absolute atomic E-state index is 0.308. The fourth-order valence-electron chi connectivity index (χ4n) is 1.45. The van der Waals surface area contributed by atoms with Gasteiger partial charge in [0.2, 0.25) is 5.91 Å². The van der Waals surface area contributed by atoms with Gasteiger partial charge in [-0.25, -0.2) is 0 Å². The van der Waals surface area contributed by atoms with Crippen molar-refractivity contribution < 1.29 is 4.79 Å². The van der Waals surface area contributed by atoms with E-state index in [2.05, 4.69) is 5.32 Å². The van der Waals surface area contributed by atoms with E-state index in [1.165, 1.54) is 0 Å². The minimum Gasteiger partial charge on any atom is -0.324 e. The average Bonchev–Trinajstić information content (AvgIpc) is 3.10. The van der Waals surface area contributed by atoms with E-state index < -0.39 is 5.41 Å². The molecule has 1 aromatic rings. The van der Waals surface area contributed by atoms with Gasteiger partial charge in [-0.2, -0.15) is 10.5 Å². The zero-order chi connectivity index (χ0) is 11.6. The summed E-state index contributed by atoms with van der Waals surface area (Å²) in [5.74, 6) is -0.308. The molecule has 0 unspecified atom stereocenters. The SMILES string of the molecule is N#Cc1ccccc1NC(=O)C1(C#N)CC1. The van der Waals surface area contributed by atoms with Crippen LogP contribution in [0.3, 0.4) is 0 Å². The molecule has 1 aliphatic rings. The third kappa shape index (κ3) is 1.62. The van der Waals surface area contributed by atoms with E-state index in [0.717, 1.165) is 0 Å². The van der Waals surface area contributed by atoms with Crippen LogP contribution in [0.5, 0.6) is 0 Å². The fourth-order valence-corrected chi connectivity index (χ4v) is 1.45. The summed E-state index contributed by atoms with van der Waals surface area (Å²) in [6, 6.07) is 10.8. The summed E-state index contributed by atoms with van der Waals surface area (Å²) in [6.07, 6.45) is 1.20. The first kappa shape index (κ1) is 10.2. The number of nitrogens with one attached hydrogen (secondary N) is 1. The lowest BCUT2D eigenvalue weighted by atomic mass is 10.1. The van der Waals surface area contributed by atoms with Crippen LogP contribution in [0.4, 0.5) is 5.69 Å². The van der Waals surface area contributed by atoms with Crippen LogP contribution in [-0.4, -0.2) is 5.91 Å². The first-order valence-corrected chi connectivity index (χ1v) is 4.94. The second-order valence-corrected chi connectivity index (χ2v) is 3.81. The number of hydrogen-bond acceptors (Lipinski definition) is 3. The molecule has 0 radical (unpaired) electrons. The summed E-state index contributed by atoms with van der Waals surface area (Å²) >= 11 is 0. The van der Waals surface area contributed by atoms with Crippen molar-refractivity contribution in [2.45, 2.75) is 12.8 Å². The summed E-state index contributed by atoms with van der Waals surface area (Å²) in [6.45, 7) is 0. The van der Waals surface area contributed by atoms with Gasteiger partial charge in [-0.15, -0.1) is 0 Å². The number of nitrogens with zero attached hydrogens (tertiary/aromatic N) is 2. The normalized spacial score (nSPS) is 15.6. The summed E-state index contributed by atoms with van der Waals surface area (Å²) < 4.78 is 0. The molecule has 16 heavy (non-hydrogen) atoms. The molecule has 1 aliphatic carbocycles. The van der Waals surface area contributed by atoms with Gasteiger partial charge in [0.1, 0.15) is 11.5 Å². The van der Waals surface area contributed by atoms with Crippen LogP contribution in [0.1, 0.15) is 18.4 Å². The average molecular weight is 211 g/mol. The maximum atomic E-state index is 11.8. The van der Waals surface area contributed by atoms with Gasteiger partial charge >= 0.3 is 0 Å². The second-order valence-electron chi connectivity index (χ2n) is 3.81. The van der Waals surface area contributed by atoms with Crippen molar-refractivity contribution in [3.05, 3.63) is 29.8 Å². The zero-order valence-corrected chi connectivity index (χ0v) is 8.53. The van der Waals surface area contributed by atoms with Gasteiger partial charge in [0.05, 0.1) is 17.3 Å². The number of amides is 1. The molecular weight excluding hydrogens is 202 g/mol. The van der Waals surface area contributed by atoms with Crippen LogP contribution < -0.4 is 5.32 Å². The van der Waals surface area contributed by atoms with Crippen LogP contribution in [0.25, 0.3) is 0 Å². The highest BCUT2D eigenvalue weighted by molar-refractivity contribution is 6.00. The van der Waals surface area contributed by atoms with E-state index in [1.54, 1.807) is 24.3 Å². The minimum atomic E-state index is -0.859. The molecule has 0 bridgehead atoms. The maximum absolute atomic E-state index is 11.8. The van der Waals surface area contributed by atoms with Gasteiger partial charge in [0.15, 0.2) is 0 Å². The summed E-state index contributed by atoms with van der Waals surface area (Å²) in [5, 5.41) is 20.3. The highest BCUT2D eigenvalue weighted by Crippen LogP contribution is 2.45. The highest BCUT2D eigenvalue weighted by atomic mass is 16.2. The van der Waals surface area contributed by atoms with Crippen molar-refractivity contribution in [3.63, 3.8) is 0 Å². The van der Waals surface area contributed by atoms with Crippen LogP contribution in [-0.2, 0) is 4.79 Å². The predicted octanol–water partition coefficient (Wildman–Crippen LogP) is 1.80. The first-order chi connectivity index (χ1) is 7.72. The standard InChI is InChI=1S/C12H9N3O/c13-7-9-3-1-2-4-10(9)15-11(16)12(8-14)5-6-12/h1-4H,5-6H2,(H,15,16). The Morgan fingerprint density at radius 3 is 2.56 bits per heavy atom. The molecule has 2 rings (SSSR count). The molecule has 78 valence electrons. The number of anilines is 1. The van der Waals surface area contributed by atoms with Gasteiger partial charge in [-0.05, 0) is 25.0 Å². The Labute approximate surface area is 93.1 Å². The van der Waals surface area contributed by atoms with Gasteiger partial charge in [-0.1, -0.05) is 12.1 Å². The largest absolute Gasteiger partial charge is 0.324 e. The van der Waals surface area contributed by atoms with Crippen LogP contribution >= 0.6 is 0 Å². The van der Waals surface area contributed by atoms with Crippen molar-refractivity contribution in [3.8, 4) is 12.1 Å². The third-order valence-electron chi connectivity index (χ3n) is 2.69. The topological polar surface area (TPSA) is 76.7 Å². The van der Waals surface area contributed by atoms with Crippen molar-refractivity contribution >= 4 is 11.6 Å². The summed E-state index contributed by atoms with van der Waals surface area (Å²) in [5.41, 5.74) is 0.0175. The van der Waals surface area contributed by atoms with Gasteiger partial charge < -0.3 is 5.32 Å². The Kier molecular flexibility index (Phi) is 2.34. The summed E-state index contributed by atoms with van der Waals surface area (Å²) in [7, 11) is 0. The quantitative estimate of drug-likeness (QED) is 0.810. The molecule has 4 nitrogen and oxygen atoms in total. The summed E-state index contributed by atoms with van der Waals surface area (Å²) in [4.78, 5) is 11.8. The second kappa shape index (κ2) is 3.67. The lowest BCUT2D eigenvalue weighted by Gasteiger charge is -2.08. The number of carbonyl (C=O) groups excluding carboxylic acids is 1. The maximum Gasteiger partial charge on any atom is 0.244 e. The van der Waals surface area contributed by atoms with Gasteiger partial charge in [0, 0.05) is 0 Å². The lowest BCUT2D eigenvalue weighted by molar-refractivity contribution is -0.119. The number of rotatable bonds is 2. The predicted molar refractivity (Wildman–Crippen MR) is 57.1 cm³/mol. The van der Waals surface area contributed by atoms with E-state index in [4.69, 9.17) is 10.5 Å². The molecule has 0 spiro atoms. The number of para-hydroxylation sites is 1. The van der Waals surface area contributed by atoms with E-state index in [1.807, 2.05) is 12.1 Å². The first-order valence-electron chi connectivity index (χ1n) is 4.94. The van der Waals surface area contributed by atoms with Gasteiger partial charge in [0.25, 0.3) is 0 Å². The molecular formula is C12H9N3O. The molecule has 0 aliphatic heterocycles. The number of carbonyl (C=O) groups is 1. The van der Waals surface area contributed by atoms with E-state index in [-0.39, 0.29) is 5.91 Å². The molecule has 0 heterocycles. The van der Waals surface area contributed by atoms with Crippen molar-refractivity contribution in [1.82, 2.24) is 0 Å². The van der Waals surface area contributed by atoms with Crippen molar-refractivity contribution in [2.24, 2.45) is 5.41 Å². The Hall–Kier alpha value is -2.33. The molecule has 0 aromatic heterocycles. The molecule has 4 heteroatoms. The molecule has 1 aromatic carbocycles. The molecule has 1 N–H and O–H groups in total. The monoisotopic (exact) mass is 211 g/mol. The molecule has 1 saturated carbocycles. The van der Waals surface area contributed by atoms with E-state index >= 15 is 0 Å². The van der Waals surface area contributed by atoms with E-state index in [0.29, 0.717) is 24.1 Å². The Morgan fingerprint density at radius 2 is 2.00 bits per heavy atom. The molecule has 1 fully saturated rings. The van der Waals surface area contributed by atoms with Crippen molar-refractivity contribution in [2.75, 3.05) is 5.32 Å². The zero-order valence-electron chi connectivity index (χ0n) is 8.53. The van der Waals surface area contributed by atoms with Crippen LogP contribution in [0.2, 0.25) is 0 Å². The number of hydrogen-bond donors (Lipinski definition) is 1. The Bertz CT molecular complexity index is 518. The van der Waals surface area contributed by atoms with Crippen molar-refractivity contribution in [1.29, 1.82) is 10.5 Å².